The van der Waals surface area contributed by atoms with Crippen molar-refractivity contribution in [1.29, 1.82) is 0 Å². The lowest BCUT2D eigenvalue weighted by molar-refractivity contribution is 0.0781. The second-order valence-corrected chi connectivity index (χ2v) is 14.2. The summed E-state index contributed by atoms with van der Waals surface area (Å²) in [6.45, 7) is 0.00728. The van der Waals surface area contributed by atoms with Gasteiger partial charge in [-0.15, -0.1) is 0 Å². The fraction of sp³-hybridized carbons (Fsp3) is 0.222. The number of methoxy groups -OCH3 is 1. The second kappa shape index (κ2) is 13.4. The molecule has 4 aromatic carbocycles. The highest BCUT2D eigenvalue weighted by molar-refractivity contribution is 7.92. The molecule has 15 heteroatoms. The Morgan fingerprint density at radius 3 is 2.24 bits per heavy atom. The Labute approximate surface area is 289 Å². The van der Waals surface area contributed by atoms with E-state index in [1.54, 1.807) is 24.3 Å². The zero-order valence-corrected chi connectivity index (χ0v) is 28.6. The molecule has 6 rings (SSSR count). The lowest BCUT2D eigenvalue weighted by Gasteiger charge is -2.33. The Morgan fingerprint density at radius 2 is 1.61 bits per heavy atom. The standard InChI is InChI=1S/C36H32F3N3O8S/c1-36(17-43,18-44)16-42(51(4,46)47)27-15-29-24(31(34(45)40-2)33(49-29)19-5-8-21(37)9-6-19)14-23(27)20-7-10-28(48-3)25(11-20)35-41-32-26(39)12-22(38)13-30(32)50-35/h5-15,43-44H,16-18H2,1-4H3,(H,40,45). The van der Waals surface area contributed by atoms with Crippen molar-refractivity contribution in [3.05, 3.63) is 89.7 Å². The van der Waals surface area contributed by atoms with Gasteiger partial charge in [-0.05, 0) is 48.0 Å². The predicted octanol–water partition coefficient (Wildman–Crippen LogP) is 6.12. The Kier molecular flexibility index (Phi) is 9.31. The molecule has 0 unspecified atom stereocenters. The van der Waals surface area contributed by atoms with Gasteiger partial charge in [0.15, 0.2) is 11.4 Å². The van der Waals surface area contributed by atoms with Crippen LogP contribution in [0, 0.1) is 22.9 Å². The molecule has 0 aliphatic carbocycles. The molecule has 2 heterocycles. The van der Waals surface area contributed by atoms with Gasteiger partial charge in [0, 0.05) is 53.7 Å². The molecule has 0 aliphatic heterocycles. The van der Waals surface area contributed by atoms with Crippen LogP contribution in [0.3, 0.4) is 0 Å². The maximum atomic E-state index is 14.6. The first kappa shape index (κ1) is 35.4. The number of ether oxygens (including phenoxy) is 1. The van der Waals surface area contributed by atoms with Crippen LogP contribution in [0.5, 0.6) is 5.75 Å². The summed E-state index contributed by atoms with van der Waals surface area (Å²) in [5, 5.41) is 23.1. The van der Waals surface area contributed by atoms with Gasteiger partial charge in [0.1, 0.15) is 34.2 Å². The summed E-state index contributed by atoms with van der Waals surface area (Å²) >= 11 is 0. The average Bonchev–Trinajstić information content (AvgIpc) is 3.71. The van der Waals surface area contributed by atoms with Gasteiger partial charge >= 0.3 is 0 Å². The number of hydrogen-bond donors (Lipinski definition) is 3. The predicted molar refractivity (Wildman–Crippen MR) is 184 cm³/mol. The quantitative estimate of drug-likeness (QED) is 0.143. The number of carbonyl (C=O) groups is 1. The number of fused-ring (bicyclic) bond motifs is 2. The van der Waals surface area contributed by atoms with Crippen molar-refractivity contribution in [2.45, 2.75) is 6.92 Å². The number of rotatable bonds is 11. The number of hydrogen-bond acceptors (Lipinski definition) is 9. The summed E-state index contributed by atoms with van der Waals surface area (Å²) in [6.07, 6.45) is 0.962. The van der Waals surface area contributed by atoms with E-state index in [4.69, 9.17) is 13.6 Å². The third-order valence-electron chi connectivity index (χ3n) is 8.48. The smallest absolute Gasteiger partial charge is 0.255 e. The number of nitrogens with zero attached hydrogens (tertiary/aromatic N) is 2. The maximum Gasteiger partial charge on any atom is 0.255 e. The van der Waals surface area contributed by atoms with Gasteiger partial charge in [0.05, 0.1) is 43.4 Å². The van der Waals surface area contributed by atoms with Gasteiger partial charge in [-0.25, -0.2) is 26.6 Å². The molecule has 1 amide bonds. The fourth-order valence-corrected chi connectivity index (χ4v) is 6.77. The van der Waals surface area contributed by atoms with E-state index in [9.17, 15) is 36.6 Å². The number of aromatic nitrogens is 1. The highest BCUT2D eigenvalue weighted by Crippen LogP contribution is 2.44. The van der Waals surface area contributed by atoms with Crippen molar-refractivity contribution in [2.75, 3.05) is 44.5 Å². The number of aliphatic hydroxyl groups is 2. The number of benzene rings is 4. The molecule has 11 nitrogen and oxygen atoms in total. The molecule has 3 N–H and O–H groups in total. The van der Waals surface area contributed by atoms with Gasteiger partial charge in [-0.2, -0.15) is 0 Å². The monoisotopic (exact) mass is 723 g/mol. The van der Waals surface area contributed by atoms with Crippen LogP contribution in [-0.4, -0.2) is 69.7 Å². The number of aliphatic hydroxyl groups excluding tert-OH is 2. The largest absolute Gasteiger partial charge is 0.496 e. The van der Waals surface area contributed by atoms with E-state index in [0.717, 1.165) is 16.6 Å². The summed E-state index contributed by atoms with van der Waals surface area (Å²) < 4.78 is 88.0. The molecule has 0 bridgehead atoms. The number of furan rings is 1. The summed E-state index contributed by atoms with van der Waals surface area (Å²) in [7, 11) is -1.33. The highest BCUT2D eigenvalue weighted by Gasteiger charge is 2.33. The zero-order chi connectivity index (χ0) is 36.8. The van der Waals surface area contributed by atoms with Gasteiger partial charge < -0.3 is 29.1 Å². The number of halogens is 3. The number of sulfonamides is 1. The van der Waals surface area contributed by atoms with Crippen molar-refractivity contribution in [2.24, 2.45) is 5.41 Å². The average molecular weight is 724 g/mol. The van der Waals surface area contributed by atoms with Crippen molar-refractivity contribution >= 4 is 43.7 Å². The first-order chi connectivity index (χ1) is 24.2. The van der Waals surface area contributed by atoms with E-state index in [1.807, 2.05) is 0 Å². The van der Waals surface area contributed by atoms with E-state index in [-0.39, 0.29) is 68.4 Å². The third-order valence-corrected chi connectivity index (χ3v) is 9.61. The van der Waals surface area contributed by atoms with Crippen molar-refractivity contribution < 1.29 is 50.2 Å². The lowest BCUT2D eigenvalue weighted by Crippen LogP contribution is -2.43. The number of carbonyl (C=O) groups excluding carboxylic acids is 1. The number of nitrogens with one attached hydrogen (secondary N) is 1. The SMILES string of the molecule is CNC(=O)c1c(-c2ccc(F)cc2)oc2cc(N(CC(C)(CO)CO)S(C)(=O)=O)c(-c3ccc(OC)c(-c4nc5c(F)cc(F)cc5o4)c3)cc12. The van der Waals surface area contributed by atoms with Crippen LogP contribution >= 0.6 is 0 Å². The van der Waals surface area contributed by atoms with Crippen LogP contribution < -0.4 is 14.4 Å². The normalized spacial score (nSPS) is 12.1. The molecule has 0 fully saturated rings. The Morgan fingerprint density at radius 1 is 0.922 bits per heavy atom. The summed E-state index contributed by atoms with van der Waals surface area (Å²) in [6, 6.07) is 14.6. The summed E-state index contributed by atoms with van der Waals surface area (Å²) in [5.41, 5.74) is -0.312. The summed E-state index contributed by atoms with van der Waals surface area (Å²) in [4.78, 5) is 17.6. The summed E-state index contributed by atoms with van der Waals surface area (Å²) in [5.74, 6) is -2.68. The Bertz CT molecular complexity index is 2400. The minimum Gasteiger partial charge on any atom is -0.496 e. The molecule has 0 saturated carbocycles. The van der Waals surface area contributed by atoms with Crippen molar-refractivity contribution in [3.8, 4) is 39.7 Å². The topological polar surface area (TPSA) is 155 Å². The van der Waals surface area contributed by atoms with Crippen LogP contribution in [0.15, 0.2) is 75.6 Å². The number of amides is 1. The number of oxazole rings is 1. The van der Waals surface area contributed by atoms with Gasteiger partial charge in [-0.3, -0.25) is 9.10 Å². The van der Waals surface area contributed by atoms with Crippen molar-refractivity contribution in [1.82, 2.24) is 10.3 Å². The molecule has 0 saturated heterocycles. The lowest BCUT2D eigenvalue weighted by atomic mass is 9.92. The molecule has 0 aliphatic rings. The van der Waals surface area contributed by atoms with E-state index in [1.165, 1.54) is 51.4 Å². The molecule has 0 spiro atoms. The van der Waals surface area contributed by atoms with Crippen LogP contribution in [-0.2, 0) is 10.0 Å². The van der Waals surface area contributed by atoms with Crippen LogP contribution in [0.2, 0.25) is 0 Å². The zero-order valence-electron chi connectivity index (χ0n) is 27.8. The van der Waals surface area contributed by atoms with E-state index in [2.05, 4.69) is 10.3 Å². The molecule has 266 valence electrons. The third kappa shape index (κ3) is 6.62. The highest BCUT2D eigenvalue weighted by atomic mass is 32.2. The van der Waals surface area contributed by atoms with E-state index >= 15 is 0 Å². The second-order valence-electron chi connectivity index (χ2n) is 12.3. The Hall–Kier alpha value is -5.38. The van der Waals surface area contributed by atoms with E-state index in [0.29, 0.717) is 17.2 Å². The van der Waals surface area contributed by atoms with Gasteiger partial charge in [-0.1, -0.05) is 13.0 Å². The van der Waals surface area contributed by atoms with Crippen LogP contribution in [0.4, 0.5) is 18.9 Å². The molecule has 2 aromatic heterocycles. The minimum absolute atomic E-state index is 0.0442. The minimum atomic E-state index is -4.14. The van der Waals surface area contributed by atoms with E-state index < -0.39 is 52.0 Å². The molecule has 0 radical (unpaired) electrons. The molecule has 0 atom stereocenters. The molecular formula is C36H32F3N3O8S. The van der Waals surface area contributed by atoms with Gasteiger partial charge in [0.2, 0.25) is 15.9 Å². The molecule has 51 heavy (non-hydrogen) atoms. The van der Waals surface area contributed by atoms with Crippen molar-refractivity contribution in [3.63, 3.8) is 0 Å². The van der Waals surface area contributed by atoms with Gasteiger partial charge in [0.25, 0.3) is 5.91 Å². The van der Waals surface area contributed by atoms with Crippen LogP contribution in [0.1, 0.15) is 17.3 Å². The molecular weight excluding hydrogens is 691 g/mol. The number of anilines is 1. The first-order valence-corrected chi connectivity index (χ1v) is 17.3. The molecule has 6 aromatic rings. The Balaban J connectivity index is 1.68. The first-order valence-electron chi connectivity index (χ1n) is 15.4. The maximum absolute atomic E-state index is 14.6. The van der Waals surface area contributed by atoms with Crippen LogP contribution in [0.25, 0.3) is 56.0 Å². The fourth-order valence-electron chi connectivity index (χ4n) is 5.72.